The van der Waals surface area contributed by atoms with E-state index in [1.165, 1.54) is 9.80 Å². The first kappa shape index (κ1) is 18.5. The molecule has 1 saturated heterocycles. The van der Waals surface area contributed by atoms with Crippen molar-refractivity contribution in [3.63, 3.8) is 0 Å². The van der Waals surface area contributed by atoms with Gasteiger partial charge >= 0.3 is 5.97 Å². The van der Waals surface area contributed by atoms with Gasteiger partial charge < -0.3 is 19.6 Å². The van der Waals surface area contributed by atoms with Crippen molar-refractivity contribution in [1.82, 2.24) is 9.80 Å². The highest BCUT2D eigenvalue weighted by molar-refractivity contribution is 5.98. The Kier molecular flexibility index (Phi) is 5.80. The summed E-state index contributed by atoms with van der Waals surface area (Å²) in [5, 5.41) is 8.85. The zero-order valence-electron chi connectivity index (χ0n) is 14.4. The molecule has 7 nitrogen and oxygen atoms in total. The van der Waals surface area contributed by atoms with Gasteiger partial charge in [0.2, 0.25) is 5.91 Å². The van der Waals surface area contributed by atoms with E-state index in [-0.39, 0.29) is 31.4 Å². The third kappa shape index (κ3) is 4.59. The van der Waals surface area contributed by atoms with Crippen LogP contribution >= 0.6 is 0 Å². The number of hydrogen-bond donors (Lipinski definition) is 1. The summed E-state index contributed by atoms with van der Waals surface area (Å²) in [6, 6.07) is 6.05. The second-order valence-electron chi connectivity index (χ2n) is 6.10. The molecule has 2 amide bonds. The number of nitrogens with zero attached hydrogens (tertiary/aromatic N) is 2. The summed E-state index contributed by atoms with van der Waals surface area (Å²) >= 11 is 0. The molecule has 1 aromatic carbocycles. The summed E-state index contributed by atoms with van der Waals surface area (Å²) < 4.78 is 5.54. The van der Waals surface area contributed by atoms with Gasteiger partial charge in [0.15, 0.2) is 0 Å². The maximum Gasteiger partial charge on any atom is 0.323 e. The number of aliphatic carboxylic acids is 1. The van der Waals surface area contributed by atoms with Crippen molar-refractivity contribution in [1.29, 1.82) is 0 Å². The lowest BCUT2D eigenvalue weighted by atomic mass is 10.1. The largest absolute Gasteiger partial charge is 0.489 e. The maximum absolute atomic E-state index is 12.7. The van der Waals surface area contributed by atoms with Crippen molar-refractivity contribution >= 4 is 17.8 Å². The Morgan fingerprint density at radius 3 is 2.72 bits per heavy atom. The Bertz CT molecular complexity index is 700. The van der Waals surface area contributed by atoms with Crippen LogP contribution < -0.4 is 4.74 Å². The van der Waals surface area contributed by atoms with E-state index >= 15 is 0 Å². The number of benzene rings is 1. The second kappa shape index (κ2) is 7.83. The molecule has 1 aliphatic rings. The molecule has 1 aliphatic heterocycles. The molecule has 134 valence electrons. The van der Waals surface area contributed by atoms with Crippen LogP contribution in [-0.4, -0.2) is 65.0 Å². The molecule has 0 aliphatic carbocycles. The molecule has 0 radical (unpaired) electrons. The van der Waals surface area contributed by atoms with Gasteiger partial charge in [-0.3, -0.25) is 14.4 Å². The van der Waals surface area contributed by atoms with Crippen molar-refractivity contribution < 1.29 is 24.2 Å². The molecule has 1 atom stereocenters. The van der Waals surface area contributed by atoms with Gasteiger partial charge in [-0.25, -0.2) is 0 Å². The summed E-state index contributed by atoms with van der Waals surface area (Å²) in [6.45, 7) is 7.71. The van der Waals surface area contributed by atoms with E-state index in [2.05, 4.69) is 6.58 Å². The Morgan fingerprint density at radius 2 is 2.08 bits per heavy atom. The number of rotatable bonds is 6. The molecule has 0 aromatic heterocycles. The van der Waals surface area contributed by atoms with E-state index in [0.29, 0.717) is 17.9 Å². The molecule has 0 spiro atoms. The van der Waals surface area contributed by atoms with Crippen LogP contribution in [0.25, 0.3) is 0 Å². The Hall–Kier alpha value is -2.83. The molecule has 25 heavy (non-hydrogen) atoms. The molecular weight excluding hydrogens is 324 g/mol. The summed E-state index contributed by atoms with van der Waals surface area (Å²) in [5.74, 6) is -1.16. The van der Waals surface area contributed by atoms with Crippen molar-refractivity contribution in [2.45, 2.75) is 19.9 Å². The lowest BCUT2D eigenvalue weighted by Gasteiger charge is -2.38. The normalized spacial score (nSPS) is 17.4. The van der Waals surface area contributed by atoms with Crippen molar-refractivity contribution in [2.75, 3.05) is 26.2 Å². The molecule has 1 fully saturated rings. The fourth-order valence-corrected chi connectivity index (χ4v) is 2.62. The van der Waals surface area contributed by atoms with Crippen LogP contribution in [0.1, 0.15) is 24.2 Å². The van der Waals surface area contributed by atoms with Crippen LogP contribution in [-0.2, 0) is 9.59 Å². The van der Waals surface area contributed by atoms with Gasteiger partial charge in [-0.1, -0.05) is 12.6 Å². The highest BCUT2D eigenvalue weighted by Gasteiger charge is 2.35. The lowest BCUT2D eigenvalue weighted by molar-refractivity contribution is -0.148. The summed E-state index contributed by atoms with van der Waals surface area (Å²) in [4.78, 5) is 38.5. The third-order valence-electron chi connectivity index (χ3n) is 3.90. The molecule has 1 heterocycles. The van der Waals surface area contributed by atoms with Gasteiger partial charge in [-0.2, -0.15) is 0 Å². The second-order valence-corrected chi connectivity index (χ2v) is 6.10. The minimum absolute atomic E-state index is 0.201. The number of carboxylic acid groups (broad SMARTS) is 1. The maximum atomic E-state index is 12.7. The van der Waals surface area contributed by atoms with Crippen LogP contribution in [0.3, 0.4) is 0 Å². The smallest absolute Gasteiger partial charge is 0.323 e. The Balaban J connectivity index is 2.10. The molecule has 0 unspecified atom stereocenters. The quantitative estimate of drug-likeness (QED) is 0.787. The van der Waals surface area contributed by atoms with Crippen molar-refractivity contribution in [2.24, 2.45) is 0 Å². The van der Waals surface area contributed by atoms with E-state index in [9.17, 15) is 14.4 Å². The van der Waals surface area contributed by atoms with Crippen LogP contribution in [0.15, 0.2) is 36.4 Å². The Morgan fingerprint density at radius 1 is 1.36 bits per heavy atom. The summed E-state index contributed by atoms with van der Waals surface area (Å²) in [7, 11) is 0. The first-order valence-corrected chi connectivity index (χ1v) is 7.98. The number of carboxylic acids is 1. The topological polar surface area (TPSA) is 87.2 Å². The molecule has 2 rings (SSSR count). The summed E-state index contributed by atoms with van der Waals surface area (Å²) in [6.07, 6.45) is 0. The molecule has 1 N–H and O–H groups in total. The predicted molar refractivity (Wildman–Crippen MR) is 91.5 cm³/mol. The molecule has 7 heteroatoms. The van der Waals surface area contributed by atoms with E-state index in [1.807, 2.05) is 6.92 Å². The zero-order chi connectivity index (χ0) is 18.6. The number of amides is 2. The van der Waals surface area contributed by atoms with Gasteiger partial charge in [-0.15, -0.1) is 0 Å². The minimum Gasteiger partial charge on any atom is -0.489 e. The fourth-order valence-electron chi connectivity index (χ4n) is 2.62. The standard InChI is InChI=1S/C18H22N2O5/c1-12(2)11-25-15-6-4-5-14(9-15)18(24)20-8-7-19(10-16(21)22)17(23)13(20)3/h4-6,9,13H,1,7-8,10-11H2,2-3H3,(H,21,22)/t13-/m0/s1. The van der Waals surface area contributed by atoms with Crippen molar-refractivity contribution in [3.05, 3.63) is 42.0 Å². The summed E-state index contributed by atoms with van der Waals surface area (Å²) in [5.41, 5.74) is 1.29. The van der Waals surface area contributed by atoms with Crippen molar-refractivity contribution in [3.8, 4) is 5.75 Å². The van der Waals surface area contributed by atoms with Crippen LogP contribution in [0.4, 0.5) is 0 Å². The van der Waals surface area contributed by atoms with Crippen LogP contribution in [0, 0.1) is 0 Å². The SMILES string of the molecule is C=C(C)COc1cccc(C(=O)N2CCN(CC(=O)O)C(=O)[C@@H]2C)c1. The van der Waals surface area contributed by atoms with Gasteiger partial charge in [0.1, 0.15) is 24.9 Å². The van der Waals surface area contributed by atoms with Gasteiger partial charge in [-0.05, 0) is 37.6 Å². The number of piperazine rings is 1. The van der Waals surface area contributed by atoms with E-state index in [4.69, 9.17) is 9.84 Å². The lowest BCUT2D eigenvalue weighted by Crippen LogP contribution is -2.58. The average molecular weight is 346 g/mol. The number of carbonyl (C=O) groups is 3. The number of carbonyl (C=O) groups excluding carboxylic acids is 2. The number of ether oxygens (including phenoxy) is 1. The van der Waals surface area contributed by atoms with Gasteiger partial charge in [0, 0.05) is 18.7 Å². The average Bonchev–Trinajstić information content (AvgIpc) is 2.57. The highest BCUT2D eigenvalue weighted by atomic mass is 16.5. The Labute approximate surface area is 146 Å². The van der Waals surface area contributed by atoms with Crippen LogP contribution in [0.2, 0.25) is 0 Å². The van der Waals surface area contributed by atoms with Gasteiger partial charge in [0.05, 0.1) is 0 Å². The van der Waals surface area contributed by atoms with Gasteiger partial charge in [0.25, 0.3) is 5.91 Å². The third-order valence-corrected chi connectivity index (χ3v) is 3.90. The zero-order valence-corrected chi connectivity index (χ0v) is 14.4. The molecule has 0 saturated carbocycles. The monoisotopic (exact) mass is 346 g/mol. The van der Waals surface area contributed by atoms with Crippen LogP contribution in [0.5, 0.6) is 5.75 Å². The van der Waals surface area contributed by atoms with E-state index < -0.39 is 12.0 Å². The van der Waals surface area contributed by atoms with E-state index in [0.717, 1.165) is 5.57 Å². The molecule has 0 bridgehead atoms. The minimum atomic E-state index is -1.07. The van der Waals surface area contributed by atoms with E-state index in [1.54, 1.807) is 31.2 Å². The number of hydrogen-bond acceptors (Lipinski definition) is 4. The first-order chi connectivity index (χ1) is 11.8. The predicted octanol–water partition coefficient (Wildman–Crippen LogP) is 1.40. The highest BCUT2D eigenvalue weighted by Crippen LogP contribution is 2.19. The molecular formula is C18H22N2O5. The first-order valence-electron chi connectivity index (χ1n) is 7.98. The fraction of sp³-hybridized carbons (Fsp3) is 0.389. The molecule has 1 aromatic rings.